The molecule has 1 aromatic heterocycles. The van der Waals surface area contributed by atoms with Crippen LogP contribution in [0.15, 0.2) is 42.7 Å². The van der Waals surface area contributed by atoms with Crippen molar-refractivity contribution in [1.82, 2.24) is 9.88 Å². The van der Waals surface area contributed by atoms with E-state index in [1.54, 1.807) is 17.3 Å². The van der Waals surface area contributed by atoms with Crippen LogP contribution in [0.4, 0.5) is 5.69 Å². The summed E-state index contributed by atoms with van der Waals surface area (Å²) in [5, 5.41) is 0. The molecule has 104 valence electrons. The van der Waals surface area contributed by atoms with Crippen molar-refractivity contribution in [3.8, 4) is 0 Å². The molecule has 20 heavy (non-hydrogen) atoms. The van der Waals surface area contributed by atoms with Gasteiger partial charge in [0.1, 0.15) is 0 Å². The van der Waals surface area contributed by atoms with Crippen LogP contribution in [0.3, 0.4) is 0 Å². The van der Waals surface area contributed by atoms with E-state index in [4.69, 9.17) is 5.73 Å². The van der Waals surface area contributed by atoms with E-state index < -0.39 is 0 Å². The van der Waals surface area contributed by atoms with Gasteiger partial charge in [-0.15, -0.1) is 0 Å². The lowest BCUT2D eigenvalue weighted by Gasteiger charge is -2.19. The Morgan fingerprint density at radius 1 is 1.25 bits per heavy atom. The van der Waals surface area contributed by atoms with Gasteiger partial charge in [0.2, 0.25) is 0 Å². The number of benzene rings is 1. The van der Waals surface area contributed by atoms with E-state index in [2.05, 4.69) is 4.98 Å². The summed E-state index contributed by atoms with van der Waals surface area (Å²) < 4.78 is 0. The van der Waals surface area contributed by atoms with Gasteiger partial charge in [-0.25, -0.2) is 0 Å². The highest BCUT2D eigenvalue weighted by Gasteiger charge is 2.14. The molecule has 0 atom stereocenters. The van der Waals surface area contributed by atoms with Crippen molar-refractivity contribution in [2.24, 2.45) is 0 Å². The number of carbonyl (C=O) groups excluding carboxylic acids is 1. The largest absolute Gasteiger partial charge is 0.398 e. The second-order valence-corrected chi connectivity index (χ2v) is 4.85. The number of nitrogen functional groups attached to an aromatic ring is 1. The van der Waals surface area contributed by atoms with Crippen LogP contribution in [0.5, 0.6) is 0 Å². The minimum absolute atomic E-state index is 0.00357. The second-order valence-electron chi connectivity index (χ2n) is 4.85. The number of hydrogen-bond acceptors (Lipinski definition) is 3. The summed E-state index contributed by atoms with van der Waals surface area (Å²) in [6.45, 7) is 2.54. The third-order valence-corrected chi connectivity index (χ3v) is 3.44. The van der Waals surface area contributed by atoms with Crippen molar-refractivity contribution in [1.29, 1.82) is 0 Å². The average molecular weight is 269 g/mol. The Morgan fingerprint density at radius 2 is 1.95 bits per heavy atom. The Morgan fingerprint density at radius 3 is 2.65 bits per heavy atom. The standard InChI is InChI=1S/C16H19N3O/c1-12-14(4-3-5-15(12)17)16(20)19(2)11-8-13-6-9-18-10-7-13/h3-7,9-10H,8,11,17H2,1-2H3. The Bertz CT molecular complexity index is 596. The van der Waals surface area contributed by atoms with Gasteiger partial charge in [0, 0.05) is 37.2 Å². The first-order valence-electron chi connectivity index (χ1n) is 6.59. The van der Waals surface area contributed by atoms with Crippen molar-refractivity contribution < 1.29 is 4.79 Å². The van der Waals surface area contributed by atoms with Gasteiger partial charge < -0.3 is 10.6 Å². The molecule has 0 radical (unpaired) electrons. The number of pyridine rings is 1. The SMILES string of the molecule is Cc1c(N)cccc1C(=O)N(C)CCc1ccncc1. The maximum absolute atomic E-state index is 12.4. The molecule has 0 saturated heterocycles. The highest BCUT2D eigenvalue weighted by Crippen LogP contribution is 2.17. The lowest BCUT2D eigenvalue weighted by molar-refractivity contribution is 0.0796. The fourth-order valence-electron chi connectivity index (χ4n) is 2.04. The molecule has 2 rings (SSSR count). The van der Waals surface area contributed by atoms with Crippen molar-refractivity contribution in [3.05, 3.63) is 59.4 Å². The number of likely N-dealkylation sites (N-methyl/N-ethyl adjacent to an activating group) is 1. The third kappa shape index (κ3) is 3.15. The summed E-state index contributed by atoms with van der Waals surface area (Å²) in [5.41, 5.74) is 9.18. The molecule has 0 unspecified atom stereocenters. The smallest absolute Gasteiger partial charge is 0.253 e. The summed E-state index contributed by atoms with van der Waals surface area (Å²) in [5.74, 6) is 0.00357. The molecule has 0 saturated carbocycles. The Hall–Kier alpha value is -2.36. The first kappa shape index (κ1) is 14.1. The van der Waals surface area contributed by atoms with Gasteiger partial charge in [0.05, 0.1) is 0 Å². The Balaban J connectivity index is 2.04. The zero-order chi connectivity index (χ0) is 14.5. The van der Waals surface area contributed by atoms with Crippen molar-refractivity contribution in [2.45, 2.75) is 13.3 Å². The summed E-state index contributed by atoms with van der Waals surface area (Å²) in [4.78, 5) is 18.1. The van der Waals surface area contributed by atoms with Crippen molar-refractivity contribution >= 4 is 11.6 Å². The number of rotatable bonds is 4. The van der Waals surface area contributed by atoms with Gasteiger partial charge in [-0.3, -0.25) is 9.78 Å². The van der Waals surface area contributed by atoms with Crippen LogP contribution in [0.2, 0.25) is 0 Å². The zero-order valence-electron chi connectivity index (χ0n) is 11.8. The minimum atomic E-state index is 0.00357. The second kappa shape index (κ2) is 6.19. The van der Waals surface area contributed by atoms with Gasteiger partial charge in [0.25, 0.3) is 5.91 Å². The number of nitrogens with zero attached hydrogens (tertiary/aromatic N) is 2. The van der Waals surface area contributed by atoms with E-state index >= 15 is 0 Å². The normalized spacial score (nSPS) is 10.3. The molecule has 0 aliphatic rings. The number of amides is 1. The molecule has 0 spiro atoms. The highest BCUT2D eigenvalue weighted by atomic mass is 16.2. The van der Waals surface area contributed by atoms with E-state index in [1.807, 2.05) is 44.3 Å². The fourth-order valence-corrected chi connectivity index (χ4v) is 2.04. The lowest BCUT2D eigenvalue weighted by Crippen LogP contribution is -2.29. The quantitative estimate of drug-likeness (QED) is 0.866. The number of carbonyl (C=O) groups is 1. The maximum Gasteiger partial charge on any atom is 0.253 e. The average Bonchev–Trinajstić information content (AvgIpc) is 2.48. The monoisotopic (exact) mass is 269 g/mol. The predicted octanol–water partition coefficient (Wildman–Crippen LogP) is 2.29. The van der Waals surface area contributed by atoms with Gasteiger partial charge in [-0.2, -0.15) is 0 Å². The molecule has 0 bridgehead atoms. The number of anilines is 1. The molecule has 1 heterocycles. The Labute approximate surface area is 119 Å². The van der Waals surface area contributed by atoms with E-state index in [9.17, 15) is 4.79 Å². The summed E-state index contributed by atoms with van der Waals surface area (Å²) in [7, 11) is 1.81. The van der Waals surface area contributed by atoms with Gasteiger partial charge in [0.15, 0.2) is 0 Å². The van der Waals surface area contributed by atoms with Crippen LogP contribution < -0.4 is 5.73 Å². The van der Waals surface area contributed by atoms with Gasteiger partial charge >= 0.3 is 0 Å². The van der Waals surface area contributed by atoms with Crippen LogP contribution in [-0.4, -0.2) is 29.4 Å². The molecule has 1 aromatic carbocycles. The van der Waals surface area contributed by atoms with Gasteiger partial charge in [-0.1, -0.05) is 6.07 Å². The molecule has 0 aliphatic carbocycles. The molecule has 2 N–H and O–H groups in total. The summed E-state index contributed by atoms with van der Waals surface area (Å²) >= 11 is 0. The first-order chi connectivity index (χ1) is 9.59. The van der Waals surface area contributed by atoms with Crippen molar-refractivity contribution in [2.75, 3.05) is 19.3 Å². The summed E-state index contributed by atoms with van der Waals surface area (Å²) in [6.07, 6.45) is 4.34. The number of nitrogens with two attached hydrogens (primary N) is 1. The van der Waals surface area contributed by atoms with Crippen molar-refractivity contribution in [3.63, 3.8) is 0 Å². The minimum Gasteiger partial charge on any atom is -0.398 e. The third-order valence-electron chi connectivity index (χ3n) is 3.44. The summed E-state index contributed by atoms with van der Waals surface area (Å²) in [6, 6.07) is 9.36. The van der Waals surface area contributed by atoms with E-state index in [-0.39, 0.29) is 5.91 Å². The van der Waals surface area contributed by atoms with Crippen LogP contribution in [0, 0.1) is 6.92 Å². The van der Waals surface area contributed by atoms with Crippen LogP contribution in [0.25, 0.3) is 0 Å². The van der Waals surface area contributed by atoms with Crippen LogP contribution in [-0.2, 0) is 6.42 Å². The van der Waals surface area contributed by atoms with Gasteiger partial charge in [-0.05, 0) is 48.7 Å². The van der Waals surface area contributed by atoms with Crippen LogP contribution >= 0.6 is 0 Å². The molecular formula is C16H19N3O. The molecule has 0 fully saturated rings. The van der Waals surface area contributed by atoms with E-state index in [0.29, 0.717) is 17.8 Å². The Kier molecular flexibility index (Phi) is 4.35. The zero-order valence-corrected chi connectivity index (χ0v) is 11.8. The maximum atomic E-state index is 12.4. The predicted molar refractivity (Wildman–Crippen MR) is 80.5 cm³/mol. The number of aromatic nitrogens is 1. The molecule has 4 heteroatoms. The van der Waals surface area contributed by atoms with E-state index in [1.165, 1.54) is 5.56 Å². The molecular weight excluding hydrogens is 250 g/mol. The molecule has 1 amide bonds. The molecule has 2 aromatic rings. The van der Waals surface area contributed by atoms with Crippen LogP contribution in [0.1, 0.15) is 21.5 Å². The first-order valence-corrected chi connectivity index (χ1v) is 6.59. The number of hydrogen-bond donors (Lipinski definition) is 1. The lowest BCUT2D eigenvalue weighted by atomic mass is 10.1. The highest BCUT2D eigenvalue weighted by molar-refractivity contribution is 5.96. The molecule has 4 nitrogen and oxygen atoms in total. The topological polar surface area (TPSA) is 59.2 Å². The molecule has 0 aliphatic heterocycles. The fraction of sp³-hybridized carbons (Fsp3) is 0.250. The van der Waals surface area contributed by atoms with E-state index in [0.717, 1.165) is 12.0 Å².